The van der Waals surface area contributed by atoms with E-state index in [9.17, 15) is 18.0 Å². The lowest BCUT2D eigenvalue weighted by atomic mass is 10.2. The first kappa shape index (κ1) is 12.5. The molecule has 0 spiro atoms. The van der Waals surface area contributed by atoms with Crippen LogP contribution in [-0.2, 0) is 15.7 Å². The van der Waals surface area contributed by atoms with Gasteiger partial charge in [-0.15, -0.1) is 0 Å². The van der Waals surface area contributed by atoms with Crippen molar-refractivity contribution < 1.29 is 22.7 Å². The van der Waals surface area contributed by atoms with Gasteiger partial charge in [-0.05, 0) is 6.92 Å². The van der Waals surface area contributed by atoms with E-state index in [2.05, 4.69) is 9.84 Å². The molecule has 0 aliphatic rings. The molecular formula is C9H11F3N2O2. The van der Waals surface area contributed by atoms with Gasteiger partial charge < -0.3 is 4.74 Å². The minimum absolute atomic E-state index is 0.0184. The van der Waals surface area contributed by atoms with Crippen molar-refractivity contribution in [2.24, 2.45) is 0 Å². The fourth-order valence-corrected chi connectivity index (χ4v) is 1.14. The second kappa shape index (κ2) is 4.54. The zero-order chi connectivity index (χ0) is 12.3. The van der Waals surface area contributed by atoms with Gasteiger partial charge in [-0.2, -0.15) is 18.3 Å². The highest BCUT2D eigenvalue weighted by molar-refractivity contribution is 5.69. The summed E-state index contributed by atoms with van der Waals surface area (Å²) >= 11 is 0. The number of alkyl halides is 3. The van der Waals surface area contributed by atoms with Crippen LogP contribution in [0.4, 0.5) is 13.2 Å². The average molecular weight is 236 g/mol. The number of methoxy groups -OCH3 is 1. The molecule has 1 aromatic heterocycles. The molecule has 1 heterocycles. The zero-order valence-corrected chi connectivity index (χ0v) is 8.78. The molecule has 7 heteroatoms. The van der Waals surface area contributed by atoms with Crippen LogP contribution in [-0.4, -0.2) is 22.9 Å². The van der Waals surface area contributed by atoms with Gasteiger partial charge in [0.15, 0.2) is 0 Å². The van der Waals surface area contributed by atoms with Crippen molar-refractivity contribution in [2.75, 3.05) is 7.11 Å². The number of hydrogen-bond acceptors (Lipinski definition) is 3. The third kappa shape index (κ3) is 2.98. The second-order valence-corrected chi connectivity index (χ2v) is 3.34. The number of carbonyl (C=O) groups excluding carboxylic acids is 1. The molecule has 0 aliphatic carbocycles. The molecule has 0 saturated carbocycles. The van der Waals surface area contributed by atoms with E-state index in [1.165, 1.54) is 7.11 Å². The monoisotopic (exact) mass is 236 g/mol. The van der Waals surface area contributed by atoms with Crippen molar-refractivity contribution in [1.29, 1.82) is 0 Å². The van der Waals surface area contributed by atoms with Crippen LogP contribution in [0.2, 0.25) is 0 Å². The van der Waals surface area contributed by atoms with Gasteiger partial charge in [-0.25, -0.2) is 0 Å². The summed E-state index contributed by atoms with van der Waals surface area (Å²) in [6, 6.07) is -0.469. The fourth-order valence-electron chi connectivity index (χ4n) is 1.14. The molecule has 1 rings (SSSR count). The summed E-state index contributed by atoms with van der Waals surface area (Å²) in [6.07, 6.45) is -2.83. The molecule has 1 atom stereocenters. The first-order chi connectivity index (χ1) is 7.34. The lowest BCUT2D eigenvalue weighted by Crippen LogP contribution is -2.12. The number of carbonyl (C=O) groups is 1. The third-order valence-corrected chi connectivity index (χ3v) is 2.07. The van der Waals surface area contributed by atoms with Crippen molar-refractivity contribution >= 4 is 5.97 Å². The molecule has 90 valence electrons. The largest absolute Gasteiger partial charge is 0.469 e. The molecule has 1 unspecified atom stereocenters. The van der Waals surface area contributed by atoms with Gasteiger partial charge in [0.25, 0.3) is 0 Å². The molecule has 0 fully saturated rings. The zero-order valence-electron chi connectivity index (χ0n) is 8.78. The summed E-state index contributed by atoms with van der Waals surface area (Å²) in [5.74, 6) is -0.489. The fraction of sp³-hybridized carbons (Fsp3) is 0.556. The average Bonchev–Trinajstić information content (AvgIpc) is 2.65. The number of nitrogens with zero attached hydrogens (tertiary/aromatic N) is 2. The van der Waals surface area contributed by atoms with Crippen LogP contribution in [0.1, 0.15) is 24.9 Å². The Labute approximate surface area is 90.0 Å². The minimum atomic E-state index is -4.41. The highest BCUT2D eigenvalue weighted by atomic mass is 19.4. The molecule has 0 radical (unpaired) electrons. The van der Waals surface area contributed by atoms with Crippen molar-refractivity contribution in [3.8, 4) is 0 Å². The summed E-state index contributed by atoms with van der Waals surface area (Å²) in [5.41, 5.74) is -0.829. The Morgan fingerprint density at radius 2 is 2.25 bits per heavy atom. The molecular weight excluding hydrogens is 225 g/mol. The van der Waals surface area contributed by atoms with Crippen molar-refractivity contribution in [3.63, 3.8) is 0 Å². The lowest BCUT2D eigenvalue weighted by molar-refractivity contribution is -0.141. The normalized spacial score (nSPS) is 13.6. The van der Waals surface area contributed by atoms with E-state index in [0.29, 0.717) is 0 Å². The van der Waals surface area contributed by atoms with E-state index < -0.39 is 23.8 Å². The predicted octanol–water partition coefficient (Wildman–Crippen LogP) is 2.03. The quantitative estimate of drug-likeness (QED) is 0.754. The number of halogens is 3. The summed E-state index contributed by atoms with van der Waals surface area (Å²) in [4.78, 5) is 10.9. The van der Waals surface area contributed by atoms with Crippen LogP contribution in [0.5, 0.6) is 0 Å². The van der Waals surface area contributed by atoms with Crippen LogP contribution in [0.15, 0.2) is 12.4 Å². The van der Waals surface area contributed by atoms with Crippen molar-refractivity contribution in [3.05, 3.63) is 18.0 Å². The molecule has 4 nitrogen and oxygen atoms in total. The third-order valence-electron chi connectivity index (χ3n) is 2.07. The molecule has 0 amide bonds. The Bertz CT molecular complexity index is 373. The Morgan fingerprint density at radius 1 is 1.62 bits per heavy atom. The standard InChI is InChI=1S/C9H11F3N2O2/c1-6(3-8(15)16-2)14-5-7(4-13-14)9(10,11)12/h4-6H,3H2,1-2H3. The first-order valence-corrected chi connectivity index (χ1v) is 4.52. The Kier molecular flexibility index (Phi) is 3.56. The number of hydrogen-bond donors (Lipinski definition) is 0. The molecule has 0 N–H and O–H groups in total. The van der Waals surface area contributed by atoms with E-state index in [1.54, 1.807) is 6.92 Å². The SMILES string of the molecule is COC(=O)CC(C)n1cc(C(F)(F)F)cn1. The smallest absolute Gasteiger partial charge is 0.419 e. The number of ether oxygens (including phenoxy) is 1. The Balaban J connectivity index is 2.74. The highest BCUT2D eigenvalue weighted by Gasteiger charge is 2.32. The molecule has 0 saturated heterocycles. The maximum atomic E-state index is 12.2. The van der Waals surface area contributed by atoms with Gasteiger partial charge >= 0.3 is 12.1 Å². The first-order valence-electron chi connectivity index (χ1n) is 4.52. The molecule has 0 aliphatic heterocycles. The van der Waals surface area contributed by atoms with Crippen LogP contribution < -0.4 is 0 Å². The van der Waals surface area contributed by atoms with Gasteiger partial charge in [0.1, 0.15) is 0 Å². The number of rotatable bonds is 3. The van der Waals surface area contributed by atoms with Crippen LogP contribution in [0, 0.1) is 0 Å². The number of esters is 1. The van der Waals surface area contributed by atoms with E-state index >= 15 is 0 Å². The van der Waals surface area contributed by atoms with E-state index in [0.717, 1.165) is 17.1 Å². The van der Waals surface area contributed by atoms with Crippen molar-refractivity contribution in [2.45, 2.75) is 25.6 Å². The van der Waals surface area contributed by atoms with Crippen molar-refractivity contribution in [1.82, 2.24) is 9.78 Å². The molecule has 0 aromatic carbocycles. The van der Waals surface area contributed by atoms with Gasteiger partial charge in [-0.1, -0.05) is 0 Å². The van der Waals surface area contributed by atoms with E-state index in [-0.39, 0.29) is 6.42 Å². The molecule has 16 heavy (non-hydrogen) atoms. The second-order valence-electron chi connectivity index (χ2n) is 3.34. The maximum Gasteiger partial charge on any atom is 0.419 e. The Hall–Kier alpha value is -1.53. The van der Waals surface area contributed by atoms with E-state index in [4.69, 9.17) is 0 Å². The highest BCUT2D eigenvalue weighted by Crippen LogP contribution is 2.29. The minimum Gasteiger partial charge on any atom is -0.469 e. The van der Waals surface area contributed by atoms with Crippen LogP contribution in [0.25, 0.3) is 0 Å². The summed E-state index contributed by atoms with van der Waals surface area (Å²) < 4.78 is 42.3. The van der Waals surface area contributed by atoms with Gasteiger partial charge in [0, 0.05) is 6.20 Å². The number of aromatic nitrogens is 2. The Morgan fingerprint density at radius 3 is 2.69 bits per heavy atom. The predicted molar refractivity (Wildman–Crippen MR) is 48.6 cm³/mol. The summed E-state index contributed by atoms with van der Waals surface area (Å²) in [6.45, 7) is 1.59. The van der Waals surface area contributed by atoms with E-state index in [1.807, 2.05) is 0 Å². The van der Waals surface area contributed by atoms with Gasteiger partial charge in [0.2, 0.25) is 0 Å². The molecule has 1 aromatic rings. The maximum absolute atomic E-state index is 12.2. The van der Waals surface area contributed by atoms with Gasteiger partial charge in [0.05, 0.1) is 31.3 Å². The lowest BCUT2D eigenvalue weighted by Gasteiger charge is -2.10. The topological polar surface area (TPSA) is 44.1 Å². The van der Waals surface area contributed by atoms with Crippen LogP contribution >= 0.6 is 0 Å². The van der Waals surface area contributed by atoms with Gasteiger partial charge in [-0.3, -0.25) is 9.48 Å². The summed E-state index contributed by atoms with van der Waals surface area (Å²) in [7, 11) is 1.22. The summed E-state index contributed by atoms with van der Waals surface area (Å²) in [5, 5.41) is 3.56. The van der Waals surface area contributed by atoms with Crippen LogP contribution in [0.3, 0.4) is 0 Å². The molecule has 0 bridgehead atoms.